The van der Waals surface area contributed by atoms with E-state index in [1.807, 2.05) is 0 Å². The highest BCUT2D eigenvalue weighted by Gasteiger charge is 2.37. The first-order chi connectivity index (χ1) is 9.93. The molecule has 120 valence electrons. The summed E-state index contributed by atoms with van der Waals surface area (Å²) in [6, 6.07) is 0. The van der Waals surface area contributed by atoms with Crippen LogP contribution in [0.1, 0.15) is 12.8 Å². The largest absolute Gasteiger partial charge is 0.394 e. The van der Waals surface area contributed by atoms with E-state index in [0.717, 1.165) is 12.8 Å². The molecule has 7 atom stereocenters. The van der Waals surface area contributed by atoms with E-state index in [-0.39, 0.29) is 0 Å². The maximum atomic E-state index is 11.8. The Labute approximate surface area is 122 Å². The summed E-state index contributed by atoms with van der Waals surface area (Å²) in [7, 11) is 0. The molecule has 0 aliphatic heterocycles. The van der Waals surface area contributed by atoms with Gasteiger partial charge in [0.15, 0.2) is 6.10 Å². The minimum absolute atomic E-state index is 0.334. The molecule has 0 heterocycles. The Morgan fingerprint density at radius 2 is 1.86 bits per heavy atom. The normalized spacial score (nSPS) is 32.7. The summed E-state index contributed by atoms with van der Waals surface area (Å²) < 4.78 is 0. The zero-order valence-electron chi connectivity index (χ0n) is 11.7. The molecule has 0 radical (unpaired) electrons. The van der Waals surface area contributed by atoms with Crippen LogP contribution in [-0.2, 0) is 4.79 Å². The summed E-state index contributed by atoms with van der Waals surface area (Å²) >= 11 is 0. The molecular formula is C14H23NO6. The molecule has 2 rings (SSSR count). The van der Waals surface area contributed by atoms with Crippen LogP contribution in [0.15, 0.2) is 12.2 Å². The Morgan fingerprint density at radius 1 is 1.14 bits per heavy atom. The minimum Gasteiger partial charge on any atom is -0.394 e. The third-order valence-electron chi connectivity index (χ3n) is 4.48. The summed E-state index contributed by atoms with van der Waals surface area (Å²) in [6.07, 6.45) is -0.660. The molecule has 2 aliphatic carbocycles. The maximum absolute atomic E-state index is 11.8. The molecule has 1 saturated carbocycles. The van der Waals surface area contributed by atoms with Crippen molar-refractivity contribution in [2.24, 2.45) is 17.8 Å². The van der Waals surface area contributed by atoms with Crippen LogP contribution in [-0.4, -0.2) is 69.0 Å². The lowest BCUT2D eigenvalue weighted by atomic mass is 9.93. The van der Waals surface area contributed by atoms with Crippen molar-refractivity contribution in [3.05, 3.63) is 12.2 Å². The highest BCUT2D eigenvalue weighted by atomic mass is 16.4. The Kier molecular flexibility index (Phi) is 5.34. The van der Waals surface area contributed by atoms with E-state index in [4.69, 9.17) is 5.11 Å². The fourth-order valence-corrected chi connectivity index (χ4v) is 3.14. The van der Waals surface area contributed by atoms with Crippen molar-refractivity contribution in [3.63, 3.8) is 0 Å². The first kappa shape index (κ1) is 16.4. The lowest BCUT2D eigenvalue weighted by molar-refractivity contribution is -0.149. The van der Waals surface area contributed by atoms with Gasteiger partial charge in [0, 0.05) is 6.54 Å². The van der Waals surface area contributed by atoms with Crippen LogP contribution in [0.2, 0.25) is 0 Å². The first-order valence-electron chi connectivity index (χ1n) is 7.23. The van der Waals surface area contributed by atoms with Gasteiger partial charge in [-0.2, -0.15) is 0 Å². The summed E-state index contributed by atoms with van der Waals surface area (Å²) in [4.78, 5) is 11.8. The van der Waals surface area contributed by atoms with Crippen LogP contribution in [0.4, 0.5) is 0 Å². The standard InChI is InChI=1S/C14H23NO6/c16-6-10(17)11(18)12(19)13(20)14(21)15-5-9-4-7-1-2-8(9)3-7/h1-2,7-13,16-20H,3-6H2,(H,15,21)/t7-,8-,9?,10+,11+,12-,13+/m0/s1. The Bertz CT molecular complexity index is 401. The van der Waals surface area contributed by atoms with E-state index in [9.17, 15) is 25.2 Å². The molecule has 0 aromatic rings. The molecular weight excluding hydrogens is 278 g/mol. The maximum Gasteiger partial charge on any atom is 0.251 e. The lowest BCUT2D eigenvalue weighted by Gasteiger charge is -2.26. The van der Waals surface area contributed by atoms with Crippen molar-refractivity contribution < 1.29 is 30.3 Å². The average Bonchev–Trinajstić information content (AvgIpc) is 3.12. The first-order valence-corrected chi connectivity index (χ1v) is 7.23. The summed E-state index contributed by atoms with van der Waals surface area (Å²) in [5.74, 6) is 0.577. The number of allylic oxidation sites excluding steroid dienone is 2. The number of fused-ring (bicyclic) bond motifs is 2. The Balaban J connectivity index is 1.78. The summed E-state index contributed by atoms with van der Waals surface area (Å²) in [5.41, 5.74) is 0. The van der Waals surface area contributed by atoms with Gasteiger partial charge in [0.1, 0.15) is 18.3 Å². The zero-order valence-corrected chi connectivity index (χ0v) is 11.7. The SMILES string of the molecule is O=C(NCC1C[C@H]2C=C[C@H]1C2)[C@H](O)[C@@H](O)[C@H](O)[C@H](O)CO. The molecule has 1 unspecified atom stereocenters. The number of nitrogens with one attached hydrogen (secondary N) is 1. The van der Waals surface area contributed by atoms with Crippen LogP contribution < -0.4 is 5.32 Å². The number of hydrogen-bond acceptors (Lipinski definition) is 6. The Morgan fingerprint density at radius 3 is 2.38 bits per heavy atom. The van der Waals surface area contributed by atoms with E-state index in [0.29, 0.717) is 24.3 Å². The van der Waals surface area contributed by atoms with Gasteiger partial charge in [0.25, 0.3) is 5.91 Å². The molecule has 0 aromatic heterocycles. The van der Waals surface area contributed by atoms with Gasteiger partial charge >= 0.3 is 0 Å². The number of aliphatic hydroxyl groups is 5. The molecule has 0 saturated heterocycles. The second-order valence-corrected chi connectivity index (χ2v) is 5.96. The van der Waals surface area contributed by atoms with E-state index < -0.39 is 36.9 Å². The van der Waals surface area contributed by atoms with Crippen molar-refractivity contribution in [2.45, 2.75) is 37.3 Å². The number of hydrogen-bond donors (Lipinski definition) is 6. The second kappa shape index (κ2) is 6.85. The number of rotatable bonds is 7. The van der Waals surface area contributed by atoms with Gasteiger partial charge in [-0.25, -0.2) is 0 Å². The highest BCUT2D eigenvalue weighted by Crippen LogP contribution is 2.42. The summed E-state index contributed by atoms with van der Waals surface area (Å²) in [5, 5.41) is 49.2. The van der Waals surface area contributed by atoms with Gasteiger partial charge in [-0.05, 0) is 30.6 Å². The van der Waals surface area contributed by atoms with E-state index in [2.05, 4.69) is 17.5 Å². The van der Waals surface area contributed by atoms with Crippen molar-refractivity contribution in [1.82, 2.24) is 5.32 Å². The molecule has 0 spiro atoms. The minimum atomic E-state index is -1.85. The Hall–Kier alpha value is -0.990. The lowest BCUT2D eigenvalue weighted by Crippen LogP contribution is -2.52. The molecule has 7 nitrogen and oxygen atoms in total. The zero-order chi connectivity index (χ0) is 15.6. The van der Waals surface area contributed by atoms with Crippen LogP contribution >= 0.6 is 0 Å². The van der Waals surface area contributed by atoms with Gasteiger partial charge in [0.2, 0.25) is 0 Å². The quantitative estimate of drug-likeness (QED) is 0.295. The molecule has 6 N–H and O–H groups in total. The van der Waals surface area contributed by atoms with Crippen LogP contribution in [0.5, 0.6) is 0 Å². The van der Waals surface area contributed by atoms with Gasteiger partial charge in [-0.1, -0.05) is 12.2 Å². The third kappa shape index (κ3) is 3.61. The van der Waals surface area contributed by atoms with Crippen molar-refractivity contribution in [2.75, 3.05) is 13.2 Å². The van der Waals surface area contributed by atoms with Crippen LogP contribution in [0.25, 0.3) is 0 Å². The molecule has 2 aliphatic rings. The topological polar surface area (TPSA) is 130 Å². The molecule has 7 heteroatoms. The highest BCUT2D eigenvalue weighted by molar-refractivity contribution is 5.81. The van der Waals surface area contributed by atoms with Crippen LogP contribution in [0, 0.1) is 17.8 Å². The number of carbonyl (C=O) groups excluding carboxylic acids is 1. The number of carbonyl (C=O) groups is 1. The molecule has 1 amide bonds. The van der Waals surface area contributed by atoms with Crippen molar-refractivity contribution in [1.29, 1.82) is 0 Å². The van der Waals surface area contributed by atoms with Gasteiger partial charge < -0.3 is 30.8 Å². The van der Waals surface area contributed by atoms with Gasteiger partial charge in [0.05, 0.1) is 6.61 Å². The second-order valence-electron chi connectivity index (χ2n) is 5.96. The van der Waals surface area contributed by atoms with Crippen LogP contribution in [0.3, 0.4) is 0 Å². The fraction of sp³-hybridized carbons (Fsp3) is 0.786. The van der Waals surface area contributed by atoms with Crippen molar-refractivity contribution in [3.8, 4) is 0 Å². The van der Waals surface area contributed by atoms with Crippen molar-refractivity contribution >= 4 is 5.91 Å². The molecule has 2 bridgehead atoms. The molecule has 0 aromatic carbocycles. The number of aliphatic hydroxyl groups excluding tert-OH is 5. The predicted octanol–water partition coefficient (Wildman–Crippen LogP) is -2.25. The third-order valence-corrected chi connectivity index (χ3v) is 4.48. The fourth-order valence-electron chi connectivity index (χ4n) is 3.14. The van der Waals surface area contributed by atoms with E-state index >= 15 is 0 Å². The summed E-state index contributed by atoms with van der Waals surface area (Å²) in [6.45, 7) is -0.364. The average molecular weight is 301 g/mol. The predicted molar refractivity (Wildman–Crippen MR) is 73.0 cm³/mol. The number of amides is 1. The molecule has 1 fully saturated rings. The van der Waals surface area contributed by atoms with E-state index in [1.165, 1.54) is 0 Å². The smallest absolute Gasteiger partial charge is 0.251 e. The van der Waals surface area contributed by atoms with Gasteiger partial charge in [-0.15, -0.1) is 0 Å². The van der Waals surface area contributed by atoms with Gasteiger partial charge in [-0.3, -0.25) is 4.79 Å². The van der Waals surface area contributed by atoms with E-state index in [1.54, 1.807) is 0 Å². The monoisotopic (exact) mass is 301 g/mol. The molecule has 21 heavy (non-hydrogen) atoms.